The highest BCUT2D eigenvalue weighted by Crippen LogP contribution is 2.35. The first-order valence-corrected chi connectivity index (χ1v) is 12.0. The number of benzene rings is 3. The fourth-order valence-corrected chi connectivity index (χ4v) is 4.86. The molecule has 0 aliphatic carbocycles. The highest BCUT2D eigenvalue weighted by Gasteiger charge is 2.33. The van der Waals surface area contributed by atoms with Gasteiger partial charge < -0.3 is 4.90 Å². The first kappa shape index (κ1) is 22.6. The highest BCUT2D eigenvalue weighted by atomic mass is 35.5. The summed E-state index contributed by atoms with van der Waals surface area (Å²) in [4.78, 5) is 15.3. The lowest BCUT2D eigenvalue weighted by molar-refractivity contribution is 0.0689. The maximum atomic E-state index is 13.3. The van der Waals surface area contributed by atoms with Crippen LogP contribution in [0.3, 0.4) is 0 Å². The zero-order valence-corrected chi connectivity index (χ0v) is 20.0. The zero-order chi connectivity index (χ0) is 22.7. The number of aryl methyl sites for hydroxylation is 2. The van der Waals surface area contributed by atoms with Crippen LogP contribution >= 0.6 is 11.6 Å². The molecule has 0 bridgehead atoms. The van der Waals surface area contributed by atoms with Crippen molar-refractivity contribution < 1.29 is 4.79 Å². The number of halogens is 1. The van der Waals surface area contributed by atoms with Gasteiger partial charge in [-0.15, -0.1) is 0 Å². The number of rotatable bonds is 8. The van der Waals surface area contributed by atoms with Gasteiger partial charge in [-0.1, -0.05) is 79.5 Å². The Bertz CT molecular complexity index is 1070. The fourth-order valence-electron chi connectivity index (χ4n) is 4.67. The molecule has 1 atom stereocenters. The van der Waals surface area contributed by atoms with Gasteiger partial charge in [0.15, 0.2) is 0 Å². The molecular formula is C29H32ClNO. The summed E-state index contributed by atoms with van der Waals surface area (Å²) >= 11 is 6.21. The van der Waals surface area contributed by atoms with Crippen LogP contribution in [0.15, 0.2) is 66.7 Å². The molecule has 2 nitrogen and oxygen atoms in total. The summed E-state index contributed by atoms with van der Waals surface area (Å²) in [7, 11) is 0. The molecule has 1 heterocycles. The van der Waals surface area contributed by atoms with E-state index in [4.69, 9.17) is 11.6 Å². The van der Waals surface area contributed by atoms with Crippen LogP contribution in [0.2, 0.25) is 5.02 Å². The Labute approximate surface area is 197 Å². The number of carbonyl (C=O) groups excluding carboxylic acids is 1. The average molecular weight is 446 g/mol. The smallest absolute Gasteiger partial charge is 0.255 e. The van der Waals surface area contributed by atoms with Gasteiger partial charge in [-0.25, -0.2) is 0 Å². The standard InChI is InChI=1S/C29H32ClNO/c1-20(2)17-23-11-13-24(14-12-23)28(6-4-5-22-9-7-21(3)8-10-22)31-19-25-18-26(30)15-16-27(25)29(31)32/h7-16,18,20,28H,4-6,17,19H2,1-3H3. The maximum absolute atomic E-state index is 13.3. The summed E-state index contributed by atoms with van der Waals surface area (Å²) in [5, 5.41) is 0.687. The van der Waals surface area contributed by atoms with E-state index in [2.05, 4.69) is 69.3 Å². The van der Waals surface area contributed by atoms with Gasteiger partial charge in [-0.2, -0.15) is 0 Å². The quantitative estimate of drug-likeness (QED) is 0.350. The Balaban J connectivity index is 1.55. The largest absolute Gasteiger partial charge is 0.327 e. The van der Waals surface area contributed by atoms with Crippen molar-refractivity contribution in [1.29, 1.82) is 0 Å². The predicted octanol–water partition coefficient (Wildman–Crippen LogP) is 7.57. The minimum atomic E-state index is 0.0622. The third-order valence-electron chi connectivity index (χ3n) is 6.35. The van der Waals surface area contributed by atoms with Gasteiger partial charge in [-0.05, 0) is 79.0 Å². The molecule has 166 valence electrons. The van der Waals surface area contributed by atoms with Crippen molar-refractivity contribution in [3.63, 3.8) is 0 Å². The van der Waals surface area contributed by atoms with Gasteiger partial charge in [0.2, 0.25) is 0 Å². The summed E-state index contributed by atoms with van der Waals surface area (Å²) in [6, 6.07) is 23.3. The van der Waals surface area contributed by atoms with E-state index < -0.39 is 0 Å². The van der Waals surface area contributed by atoms with Gasteiger partial charge in [0.1, 0.15) is 0 Å². The van der Waals surface area contributed by atoms with Crippen LogP contribution in [-0.2, 0) is 19.4 Å². The van der Waals surface area contributed by atoms with Crippen molar-refractivity contribution in [1.82, 2.24) is 4.90 Å². The number of hydrogen-bond donors (Lipinski definition) is 0. The zero-order valence-electron chi connectivity index (χ0n) is 19.3. The van der Waals surface area contributed by atoms with Crippen molar-refractivity contribution in [3.05, 3.63) is 105 Å². The van der Waals surface area contributed by atoms with Crippen molar-refractivity contribution >= 4 is 17.5 Å². The van der Waals surface area contributed by atoms with E-state index in [0.29, 0.717) is 17.5 Å². The lowest BCUT2D eigenvalue weighted by atomic mass is 9.95. The molecule has 3 heteroatoms. The summed E-state index contributed by atoms with van der Waals surface area (Å²) in [6.07, 6.45) is 4.06. The lowest BCUT2D eigenvalue weighted by Crippen LogP contribution is -2.29. The van der Waals surface area contributed by atoms with E-state index >= 15 is 0 Å². The molecule has 0 fully saturated rings. The lowest BCUT2D eigenvalue weighted by Gasteiger charge is -2.29. The number of hydrogen-bond acceptors (Lipinski definition) is 1. The summed E-state index contributed by atoms with van der Waals surface area (Å²) in [6.45, 7) is 7.23. The topological polar surface area (TPSA) is 20.3 Å². The maximum Gasteiger partial charge on any atom is 0.255 e. The monoisotopic (exact) mass is 445 g/mol. The van der Waals surface area contributed by atoms with Gasteiger partial charge in [0, 0.05) is 17.1 Å². The van der Waals surface area contributed by atoms with Crippen molar-refractivity contribution in [2.75, 3.05) is 0 Å². The molecule has 1 amide bonds. The van der Waals surface area contributed by atoms with Gasteiger partial charge in [-0.3, -0.25) is 4.79 Å². The molecular weight excluding hydrogens is 414 g/mol. The number of carbonyl (C=O) groups is 1. The normalized spacial score (nSPS) is 14.2. The summed E-state index contributed by atoms with van der Waals surface area (Å²) in [5.74, 6) is 0.744. The minimum absolute atomic E-state index is 0.0622. The third-order valence-corrected chi connectivity index (χ3v) is 6.58. The third kappa shape index (κ3) is 5.24. The van der Waals surface area contributed by atoms with Crippen molar-refractivity contribution in [2.24, 2.45) is 5.92 Å². The first-order valence-electron chi connectivity index (χ1n) is 11.6. The van der Waals surface area contributed by atoms with Gasteiger partial charge in [0.25, 0.3) is 5.91 Å². The van der Waals surface area contributed by atoms with E-state index in [1.807, 2.05) is 23.1 Å². The van der Waals surface area contributed by atoms with E-state index in [-0.39, 0.29) is 11.9 Å². The van der Waals surface area contributed by atoms with Crippen LogP contribution in [0, 0.1) is 12.8 Å². The molecule has 0 saturated heterocycles. The Morgan fingerprint density at radius 2 is 1.62 bits per heavy atom. The fraction of sp³-hybridized carbons (Fsp3) is 0.345. The number of fused-ring (bicyclic) bond motifs is 1. The molecule has 1 aliphatic heterocycles. The van der Waals surface area contributed by atoms with E-state index in [1.54, 1.807) is 0 Å². The predicted molar refractivity (Wildman–Crippen MR) is 133 cm³/mol. The van der Waals surface area contributed by atoms with Crippen LogP contribution in [0.25, 0.3) is 0 Å². The van der Waals surface area contributed by atoms with E-state index in [9.17, 15) is 4.79 Å². The molecule has 0 spiro atoms. The molecule has 1 unspecified atom stereocenters. The Hall–Kier alpha value is -2.58. The Kier molecular flexibility index (Phi) is 7.01. The number of nitrogens with zero attached hydrogens (tertiary/aromatic N) is 1. The SMILES string of the molecule is Cc1ccc(CCCC(c2ccc(CC(C)C)cc2)N2Cc3cc(Cl)ccc3C2=O)cc1. The molecule has 32 heavy (non-hydrogen) atoms. The van der Waals surface area contributed by atoms with Crippen molar-refractivity contribution in [3.8, 4) is 0 Å². The first-order chi connectivity index (χ1) is 15.4. The Morgan fingerprint density at radius 3 is 2.31 bits per heavy atom. The van der Waals surface area contributed by atoms with Gasteiger partial charge >= 0.3 is 0 Å². The number of amides is 1. The van der Waals surface area contributed by atoms with Crippen molar-refractivity contribution in [2.45, 2.75) is 59.0 Å². The van der Waals surface area contributed by atoms with Crippen LogP contribution in [0.1, 0.15) is 70.9 Å². The molecule has 0 N–H and O–H groups in total. The van der Waals surface area contributed by atoms with Crippen LogP contribution < -0.4 is 0 Å². The molecule has 0 aromatic heterocycles. The average Bonchev–Trinajstić information content (AvgIpc) is 3.08. The second-order valence-corrected chi connectivity index (χ2v) is 9.90. The van der Waals surface area contributed by atoms with E-state index in [0.717, 1.165) is 36.8 Å². The molecule has 3 aromatic rings. The highest BCUT2D eigenvalue weighted by molar-refractivity contribution is 6.30. The van der Waals surface area contributed by atoms with Gasteiger partial charge in [0.05, 0.1) is 6.04 Å². The molecule has 0 radical (unpaired) electrons. The van der Waals surface area contributed by atoms with Crippen LogP contribution in [0.4, 0.5) is 0 Å². The molecule has 1 aliphatic rings. The summed E-state index contributed by atoms with van der Waals surface area (Å²) < 4.78 is 0. The van der Waals surface area contributed by atoms with Crippen LogP contribution in [0.5, 0.6) is 0 Å². The minimum Gasteiger partial charge on any atom is -0.327 e. The second kappa shape index (κ2) is 9.92. The molecule has 3 aromatic carbocycles. The molecule has 4 rings (SSSR count). The van der Waals surface area contributed by atoms with Crippen LogP contribution in [-0.4, -0.2) is 10.8 Å². The second-order valence-electron chi connectivity index (χ2n) is 9.47. The molecule has 0 saturated carbocycles. The van der Waals surface area contributed by atoms with E-state index in [1.165, 1.54) is 22.3 Å². The summed E-state index contributed by atoms with van der Waals surface area (Å²) in [5.41, 5.74) is 7.02. The Morgan fingerprint density at radius 1 is 0.938 bits per heavy atom.